The Morgan fingerprint density at radius 3 is 2.15 bits per heavy atom. The maximum absolute atomic E-state index is 12.5. The van der Waals surface area contributed by atoms with Gasteiger partial charge in [-0.15, -0.1) is 0 Å². The van der Waals surface area contributed by atoms with Gasteiger partial charge in [0.2, 0.25) is 0 Å². The first-order valence-electron chi connectivity index (χ1n) is 7.61. The van der Waals surface area contributed by atoms with Crippen LogP contribution >= 0.6 is 0 Å². The third kappa shape index (κ3) is 6.01. The number of alkyl halides is 3. The molecule has 0 atom stereocenters. The number of methoxy groups -OCH3 is 2. The molecule has 0 fully saturated rings. The molecule has 0 radical (unpaired) electrons. The zero-order valence-electron chi connectivity index (χ0n) is 14.8. The molecule has 26 heavy (non-hydrogen) atoms. The monoisotopic (exact) mass is 375 g/mol. The number of carbonyl (C=O) groups excluding carboxylic acids is 2. The fourth-order valence-electron chi connectivity index (χ4n) is 1.92. The molecule has 1 aromatic heterocycles. The Morgan fingerprint density at radius 1 is 1.19 bits per heavy atom. The van der Waals surface area contributed by atoms with Crippen molar-refractivity contribution in [1.82, 2.24) is 4.98 Å². The summed E-state index contributed by atoms with van der Waals surface area (Å²) in [5, 5.41) is 4.07. The number of halogens is 3. The summed E-state index contributed by atoms with van der Waals surface area (Å²) in [5.74, 6) is -2.79. The van der Waals surface area contributed by atoms with Crippen LogP contribution in [0.3, 0.4) is 0 Å². The molecule has 1 aromatic rings. The molecule has 0 spiro atoms. The number of carbonyl (C=O) groups is 2. The van der Waals surface area contributed by atoms with Crippen LogP contribution in [-0.2, 0) is 25.2 Å². The van der Waals surface area contributed by atoms with E-state index in [1.54, 1.807) is 13.8 Å². The molecule has 0 aliphatic carbocycles. The highest BCUT2D eigenvalue weighted by Gasteiger charge is 2.32. The van der Waals surface area contributed by atoms with E-state index in [0.29, 0.717) is 11.9 Å². The zero-order chi connectivity index (χ0) is 19.9. The highest BCUT2D eigenvalue weighted by molar-refractivity contribution is 6.00. The minimum atomic E-state index is -4.48. The van der Waals surface area contributed by atoms with Gasteiger partial charge in [-0.1, -0.05) is 13.8 Å². The van der Waals surface area contributed by atoms with Crippen LogP contribution in [0, 0.1) is 11.8 Å². The third-order valence-electron chi connectivity index (χ3n) is 3.46. The van der Waals surface area contributed by atoms with Crippen molar-refractivity contribution < 1.29 is 32.2 Å². The highest BCUT2D eigenvalue weighted by Crippen LogP contribution is 2.28. The number of pyridine rings is 1. The van der Waals surface area contributed by atoms with Gasteiger partial charge in [0.05, 0.1) is 19.8 Å². The Kier molecular flexibility index (Phi) is 7.54. The van der Waals surface area contributed by atoms with Crippen LogP contribution in [0.5, 0.6) is 0 Å². The van der Waals surface area contributed by atoms with Gasteiger partial charge in [-0.2, -0.15) is 18.3 Å². The molecule has 0 saturated heterocycles. The summed E-state index contributed by atoms with van der Waals surface area (Å²) in [5.41, 5.74) is 2.07. The molecule has 0 aliphatic rings. The zero-order valence-corrected chi connectivity index (χ0v) is 14.8. The summed E-state index contributed by atoms with van der Waals surface area (Å²) in [6.07, 6.45) is -3.87. The molecule has 1 N–H and O–H groups in total. The standard InChI is InChI=1S/C16H20F3N3O4/c1-9(2)12(7-11(14(23)25-3)15(24)26-4)21-22-13-6-5-10(8-20-13)16(17,18)19/h5-6,8-9,11H,7H2,1-4H3,(H,20,22)/b21-12+. The topological polar surface area (TPSA) is 89.9 Å². The molecule has 0 aliphatic heterocycles. The van der Waals surface area contributed by atoms with E-state index in [0.717, 1.165) is 26.4 Å². The molecule has 0 aromatic carbocycles. The summed E-state index contributed by atoms with van der Waals surface area (Å²) in [7, 11) is 2.30. The average molecular weight is 375 g/mol. The van der Waals surface area contributed by atoms with Gasteiger partial charge in [0.15, 0.2) is 5.92 Å². The Balaban J connectivity index is 2.95. The number of rotatable bonds is 7. The number of nitrogens with zero attached hydrogens (tertiary/aromatic N) is 2. The van der Waals surface area contributed by atoms with E-state index in [9.17, 15) is 22.8 Å². The largest absolute Gasteiger partial charge is 0.468 e. The number of esters is 2. The molecular weight excluding hydrogens is 355 g/mol. The van der Waals surface area contributed by atoms with Crippen LogP contribution in [0.15, 0.2) is 23.4 Å². The van der Waals surface area contributed by atoms with Crippen molar-refractivity contribution >= 4 is 23.5 Å². The summed E-state index contributed by atoms with van der Waals surface area (Å²) in [6.45, 7) is 3.57. The van der Waals surface area contributed by atoms with Crippen LogP contribution in [-0.4, -0.2) is 36.9 Å². The van der Waals surface area contributed by atoms with Crippen molar-refractivity contribution in [2.45, 2.75) is 26.4 Å². The van der Waals surface area contributed by atoms with Gasteiger partial charge in [0.1, 0.15) is 5.82 Å². The van der Waals surface area contributed by atoms with E-state index < -0.39 is 29.6 Å². The lowest BCUT2D eigenvalue weighted by Gasteiger charge is -2.16. The smallest absolute Gasteiger partial charge is 0.417 e. The number of hydrazone groups is 1. The Labute approximate surface area is 148 Å². The number of nitrogens with one attached hydrogen (secondary N) is 1. The molecule has 1 rings (SSSR count). The van der Waals surface area contributed by atoms with Gasteiger partial charge < -0.3 is 9.47 Å². The maximum atomic E-state index is 12.5. The van der Waals surface area contributed by atoms with Crippen molar-refractivity contribution in [3.05, 3.63) is 23.9 Å². The highest BCUT2D eigenvalue weighted by atomic mass is 19.4. The van der Waals surface area contributed by atoms with Crippen molar-refractivity contribution in [3.63, 3.8) is 0 Å². The fourth-order valence-corrected chi connectivity index (χ4v) is 1.92. The second kappa shape index (κ2) is 9.16. The third-order valence-corrected chi connectivity index (χ3v) is 3.46. The number of anilines is 1. The van der Waals surface area contributed by atoms with Crippen LogP contribution in [0.4, 0.5) is 19.0 Å². The van der Waals surface area contributed by atoms with E-state index in [4.69, 9.17) is 0 Å². The van der Waals surface area contributed by atoms with Gasteiger partial charge in [0.25, 0.3) is 0 Å². The van der Waals surface area contributed by atoms with Crippen LogP contribution < -0.4 is 5.43 Å². The minimum absolute atomic E-state index is 0.0648. The molecule has 0 saturated carbocycles. The Bertz CT molecular complexity index is 642. The van der Waals surface area contributed by atoms with Gasteiger partial charge in [-0.25, -0.2) is 4.98 Å². The second-order valence-electron chi connectivity index (χ2n) is 5.60. The Hall–Kier alpha value is -2.65. The van der Waals surface area contributed by atoms with Crippen molar-refractivity contribution in [2.75, 3.05) is 19.6 Å². The summed E-state index contributed by atoms with van der Waals surface area (Å²) in [6, 6.07) is 1.99. The lowest BCUT2D eigenvalue weighted by Crippen LogP contribution is -2.30. The predicted octanol–water partition coefficient (Wildman–Crippen LogP) is 2.88. The van der Waals surface area contributed by atoms with Gasteiger partial charge in [0, 0.05) is 18.3 Å². The van der Waals surface area contributed by atoms with Crippen molar-refractivity contribution in [3.8, 4) is 0 Å². The molecule has 0 unspecified atom stereocenters. The van der Waals surface area contributed by atoms with Gasteiger partial charge in [-0.05, 0) is 18.1 Å². The minimum Gasteiger partial charge on any atom is -0.468 e. The number of hydrogen-bond donors (Lipinski definition) is 1. The van der Waals surface area contributed by atoms with E-state index in [1.807, 2.05) is 0 Å². The average Bonchev–Trinajstić information content (AvgIpc) is 2.60. The molecule has 144 valence electrons. The fraction of sp³-hybridized carbons (Fsp3) is 0.500. The normalized spacial score (nSPS) is 12.3. The molecule has 7 nitrogen and oxygen atoms in total. The number of aromatic nitrogens is 1. The quantitative estimate of drug-likeness (QED) is 0.341. The first-order valence-corrected chi connectivity index (χ1v) is 7.61. The van der Waals surface area contributed by atoms with Gasteiger partial charge in [-0.3, -0.25) is 15.0 Å². The molecule has 1 heterocycles. The summed E-state index contributed by atoms with van der Waals surface area (Å²) >= 11 is 0. The van der Waals surface area contributed by atoms with Crippen molar-refractivity contribution in [1.29, 1.82) is 0 Å². The van der Waals surface area contributed by atoms with E-state index in [-0.39, 0.29) is 18.2 Å². The molecular formula is C16H20F3N3O4. The lowest BCUT2D eigenvalue weighted by molar-refractivity contribution is -0.158. The number of ether oxygens (including phenoxy) is 2. The second-order valence-corrected chi connectivity index (χ2v) is 5.60. The first-order chi connectivity index (χ1) is 12.1. The number of hydrogen-bond acceptors (Lipinski definition) is 7. The van der Waals surface area contributed by atoms with Crippen LogP contribution in [0.1, 0.15) is 25.8 Å². The molecule has 0 bridgehead atoms. The maximum Gasteiger partial charge on any atom is 0.417 e. The SMILES string of the molecule is COC(=O)C(C/C(=N\Nc1ccc(C(F)(F)F)cn1)C(C)C)C(=O)OC. The molecule has 10 heteroatoms. The summed E-state index contributed by atoms with van der Waals surface area (Å²) in [4.78, 5) is 27.2. The van der Waals surface area contributed by atoms with Gasteiger partial charge >= 0.3 is 18.1 Å². The summed E-state index contributed by atoms with van der Waals surface area (Å²) < 4.78 is 46.8. The Morgan fingerprint density at radius 2 is 1.77 bits per heavy atom. The van der Waals surface area contributed by atoms with E-state index >= 15 is 0 Å². The van der Waals surface area contributed by atoms with Crippen LogP contribution in [0.25, 0.3) is 0 Å². The first kappa shape index (κ1) is 21.4. The van der Waals surface area contributed by atoms with Crippen molar-refractivity contribution in [2.24, 2.45) is 16.9 Å². The lowest BCUT2D eigenvalue weighted by atomic mass is 9.95. The van der Waals surface area contributed by atoms with E-state index in [1.165, 1.54) is 0 Å². The predicted molar refractivity (Wildman–Crippen MR) is 87.3 cm³/mol. The van der Waals surface area contributed by atoms with E-state index in [2.05, 4.69) is 25.0 Å². The van der Waals surface area contributed by atoms with Crippen LogP contribution in [0.2, 0.25) is 0 Å². The molecule has 0 amide bonds.